The van der Waals surface area contributed by atoms with E-state index in [4.69, 9.17) is 16.2 Å². The number of fused-ring (bicyclic) bond motifs is 1. The fourth-order valence-corrected chi connectivity index (χ4v) is 2.12. The van der Waals surface area contributed by atoms with Gasteiger partial charge in [-0.15, -0.1) is 0 Å². The predicted molar refractivity (Wildman–Crippen MR) is 66.5 cm³/mol. The Morgan fingerprint density at radius 1 is 1.50 bits per heavy atom. The lowest BCUT2D eigenvalue weighted by atomic mass is 9.98. The van der Waals surface area contributed by atoms with Crippen molar-refractivity contribution < 1.29 is 4.74 Å². The van der Waals surface area contributed by atoms with E-state index >= 15 is 0 Å². The van der Waals surface area contributed by atoms with Crippen LogP contribution in [0.2, 0.25) is 0 Å². The third kappa shape index (κ3) is 2.67. The molecule has 0 fully saturated rings. The SMILES string of the molecule is CC(N)CCC1CCc2cc(N)ccc2O1. The number of nitrogen functional groups attached to an aromatic ring is 1. The van der Waals surface area contributed by atoms with Crippen LogP contribution in [0.5, 0.6) is 5.75 Å². The number of hydrogen-bond acceptors (Lipinski definition) is 3. The summed E-state index contributed by atoms with van der Waals surface area (Å²) in [5.74, 6) is 0.995. The summed E-state index contributed by atoms with van der Waals surface area (Å²) in [6, 6.07) is 6.14. The average Bonchev–Trinajstić information content (AvgIpc) is 2.26. The van der Waals surface area contributed by atoms with Crippen molar-refractivity contribution in [3.8, 4) is 5.75 Å². The molecule has 0 amide bonds. The van der Waals surface area contributed by atoms with Gasteiger partial charge in [0.05, 0.1) is 6.10 Å². The Hall–Kier alpha value is -1.22. The molecule has 2 atom stereocenters. The minimum absolute atomic E-state index is 0.261. The van der Waals surface area contributed by atoms with E-state index in [-0.39, 0.29) is 6.04 Å². The molecule has 0 radical (unpaired) electrons. The van der Waals surface area contributed by atoms with E-state index in [9.17, 15) is 0 Å². The molecule has 0 spiro atoms. The van der Waals surface area contributed by atoms with Gasteiger partial charge in [0.25, 0.3) is 0 Å². The first kappa shape index (κ1) is 11.3. The van der Waals surface area contributed by atoms with Crippen molar-refractivity contribution in [1.82, 2.24) is 0 Å². The second kappa shape index (κ2) is 4.74. The number of aryl methyl sites for hydroxylation is 1. The smallest absolute Gasteiger partial charge is 0.123 e. The van der Waals surface area contributed by atoms with E-state index < -0.39 is 0 Å². The highest BCUT2D eigenvalue weighted by Gasteiger charge is 2.19. The Bertz CT molecular complexity index is 363. The van der Waals surface area contributed by atoms with Crippen molar-refractivity contribution in [2.45, 2.75) is 44.8 Å². The zero-order valence-corrected chi connectivity index (χ0v) is 9.78. The van der Waals surface area contributed by atoms with Gasteiger partial charge < -0.3 is 16.2 Å². The van der Waals surface area contributed by atoms with Crippen LogP contribution in [-0.4, -0.2) is 12.1 Å². The summed E-state index contributed by atoms with van der Waals surface area (Å²) in [5.41, 5.74) is 13.5. The number of rotatable bonds is 3. The number of nitrogens with two attached hydrogens (primary N) is 2. The van der Waals surface area contributed by atoms with Crippen LogP contribution < -0.4 is 16.2 Å². The second-order valence-corrected chi connectivity index (χ2v) is 4.70. The first-order valence-electron chi connectivity index (χ1n) is 5.96. The van der Waals surface area contributed by atoms with E-state index in [0.29, 0.717) is 6.10 Å². The van der Waals surface area contributed by atoms with E-state index in [2.05, 4.69) is 0 Å². The van der Waals surface area contributed by atoms with Gasteiger partial charge >= 0.3 is 0 Å². The quantitative estimate of drug-likeness (QED) is 0.767. The highest BCUT2D eigenvalue weighted by Crippen LogP contribution is 2.30. The van der Waals surface area contributed by atoms with Gasteiger partial charge in [-0.25, -0.2) is 0 Å². The molecule has 16 heavy (non-hydrogen) atoms. The highest BCUT2D eigenvalue weighted by atomic mass is 16.5. The fourth-order valence-electron chi connectivity index (χ4n) is 2.12. The summed E-state index contributed by atoms with van der Waals surface area (Å²) >= 11 is 0. The van der Waals surface area contributed by atoms with Gasteiger partial charge in [-0.3, -0.25) is 0 Å². The molecule has 0 saturated carbocycles. The Morgan fingerprint density at radius 2 is 2.31 bits per heavy atom. The number of hydrogen-bond donors (Lipinski definition) is 2. The maximum Gasteiger partial charge on any atom is 0.123 e. The molecule has 1 aliphatic heterocycles. The largest absolute Gasteiger partial charge is 0.490 e. The molecule has 2 rings (SSSR count). The minimum atomic E-state index is 0.261. The van der Waals surface area contributed by atoms with Crippen molar-refractivity contribution in [2.75, 3.05) is 5.73 Å². The lowest BCUT2D eigenvalue weighted by Gasteiger charge is -2.26. The van der Waals surface area contributed by atoms with Crippen molar-refractivity contribution in [3.05, 3.63) is 23.8 Å². The normalized spacial score (nSPS) is 21.0. The highest BCUT2D eigenvalue weighted by molar-refractivity contribution is 5.48. The van der Waals surface area contributed by atoms with E-state index in [1.54, 1.807) is 0 Å². The number of benzene rings is 1. The molecule has 1 heterocycles. The molecular weight excluding hydrogens is 200 g/mol. The van der Waals surface area contributed by atoms with Crippen LogP contribution in [0.15, 0.2) is 18.2 Å². The van der Waals surface area contributed by atoms with Gasteiger partial charge in [0.2, 0.25) is 0 Å². The predicted octanol–water partition coefficient (Wildman–Crippen LogP) is 2.09. The summed E-state index contributed by atoms with van der Waals surface area (Å²) in [4.78, 5) is 0. The van der Waals surface area contributed by atoms with Gasteiger partial charge in [0.1, 0.15) is 5.75 Å². The van der Waals surface area contributed by atoms with Gasteiger partial charge in [-0.05, 0) is 56.4 Å². The Morgan fingerprint density at radius 3 is 3.06 bits per heavy atom. The molecule has 0 saturated heterocycles. The van der Waals surface area contributed by atoms with Crippen LogP contribution in [0.25, 0.3) is 0 Å². The van der Waals surface area contributed by atoms with Crippen LogP contribution in [0.1, 0.15) is 31.7 Å². The number of anilines is 1. The molecule has 1 aromatic carbocycles. The Balaban J connectivity index is 1.98. The summed E-state index contributed by atoms with van der Waals surface area (Å²) < 4.78 is 5.93. The molecule has 4 N–H and O–H groups in total. The van der Waals surface area contributed by atoms with Crippen LogP contribution >= 0.6 is 0 Å². The topological polar surface area (TPSA) is 61.3 Å². The van der Waals surface area contributed by atoms with Crippen molar-refractivity contribution in [2.24, 2.45) is 5.73 Å². The van der Waals surface area contributed by atoms with Gasteiger partial charge in [0.15, 0.2) is 0 Å². The molecule has 0 aliphatic carbocycles. The average molecular weight is 220 g/mol. The summed E-state index contributed by atoms with van der Waals surface area (Å²) in [7, 11) is 0. The van der Waals surface area contributed by atoms with Crippen LogP contribution in [0, 0.1) is 0 Å². The minimum Gasteiger partial charge on any atom is -0.490 e. The summed E-state index contributed by atoms with van der Waals surface area (Å²) in [5, 5.41) is 0. The zero-order valence-electron chi connectivity index (χ0n) is 9.78. The van der Waals surface area contributed by atoms with Gasteiger partial charge in [0, 0.05) is 11.7 Å². The van der Waals surface area contributed by atoms with Gasteiger partial charge in [-0.2, -0.15) is 0 Å². The molecular formula is C13H20N2O. The van der Waals surface area contributed by atoms with Crippen LogP contribution in [0.4, 0.5) is 5.69 Å². The van der Waals surface area contributed by atoms with Crippen molar-refractivity contribution in [1.29, 1.82) is 0 Å². The molecule has 1 aliphatic rings. The van der Waals surface area contributed by atoms with Crippen molar-refractivity contribution in [3.63, 3.8) is 0 Å². The molecule has 3 nitrogen and oxygen atoms in total. The lowest BCUT2D eigenvalue weighted by molar-refractivity contribution is 0.159. The molecule has 0 bridgehead atoms. The van der Waals surface area contributed by atoms with E-state index in [0.717, 1.165) is 37.1 Å². The van der Waals surface area contributed by atoms with E-state index in [1.165, 1.54) is 5.56 Å². The molecule has 1 aromatic rings. The Labute approximate surface area is 96.8 Å². The van der Waals surface area contributed by atoms with Gasteiger partial charge in [-0.1, -0.05) is 0 Å². The summed E-state index contributed by atoms with van der Waals surface area (Å²) in [6.07, 6.45) is 4.52. The van der Waals surface area contributed by atoms with E-state index in [1.807, 2.05) is 25.1 Å². The Kier molecular flexibility index (Phi) is 3.34. The molecule has 0 aromatic heterocycles. The molecule has 3 heteroatoms. The molecule has 88 valence electrons. The summed E-state index contributed by atoms with van der Waals surface area (Å²) in [6.45, 7) is 2.04. The van der Waals surface area contributed by atoms with Crippen LogP contribution in [-0.2, 0) is 6.42 Å². The third-order valence-electron chi connectivity index (χ3n) is 3.06. The first-order valence-corrected chi connectivity index (χ1v) is 5.96. The fraction of sp³-hybridized carbons (Fsp3) is 0.538. The lowest BCUT2D eigenvalue weighted by Crippen LogP contribution is -2.25. The monoisotopic (exact) mass is 220 g/mol. The number of ether oxygens (including phenoxy) is 1. The maximum absolute atomic E-state index is 5.93. The van der Waals surface area contributed by atoms with Crippen LogP contribution in [0.3, 0.4) is 0 Å². The standard InChI is InChI=1S/C13H20N2O/c1-9(14)2-5-12-6-3-10-8-11(15)4-7-13(10)16-12/h4,7-9,12H,2-3,5-6,14-15H2,1H3. The van der Waals surface area contributed by atoms with Crippen molar-refractivity contribution >= 4 is 5.69 Å². The zero-order chi connectivity index (χ0) is 11.5. The second-order valence-electron chi connectivity index (χ2n) is 4.70. The third-order valence-corrected chi connectivity index (χ3v) is 3.06. The maximum atomic E-state index is 5.93. The first-order chi connectivity index (χ1) is 7.65. The molecule has 2 unspecified atom stereocenters.